The van der Waals surface area contributed by atoms with Crippen molar-refractivity contribution in [1.29, 1.82) is 0 Å². The van der Waals surface area contributed by atoms with Gasteiger partial charge < -0.3 is 14.6 Å². The van der Waals surface area contributed by atoms with Gasteiger partial charge in [-0.2, -0.15) is 0 Å². The first-order valence-corrected chi connectivity index (χ1v) is 8.23. The summed E-state index contributed by atoms with van der Waals surface area (Å²) in [6.07, 6.45) is 0. The number of hydrogen-bond donors (Lipinski definition) is 1. The summed E-state index contributed by atoms with van der Waals surface area (Å²) in [5.74, 6) is 6.90. The summed E-state index contributed by atoms with van der Waals surface area (Å²) >= 11 is 0. The second kappa shape index (κ2) is 8.65. The summed E-state index contributed by atoms with van der Waals surface area (Å²) in [7, 11) is 1.28. The van der Waals surface area contributed by atoms with E-state index < -0.39 is 5.97 Å². The van der Waals surface area contributed by atoms with Crippen LogP contribution in [0.15, 0.2) is 66.7 Å². The molecule has 0 saturated heterocycles. The summed E-state index contributed by atoms with van der Waals surface area (Å²) in [5, 5.41) is 9.30. The van der Waals surface area contributed by atoms with E-state index in [1.807, 2.05) is 54.6 Å². The molecule has 0 spiro atoms. The lowest BCUT2D eigenvalue weighted by molar-refractivity contribution is 0.0593. The number of aromatic nitrogens is 1. The lowest BCUT2D eigenvalue weighted by Gasteiger charge is -2.05. The zero-order chi connectivity index (χ0) is 19.1. The highest BCUT2D eigenvalue weighted by Crippen LogP contribution is 2.20. The number of ether oxygens (including phenoxy) is 2. The number of esters is 1. The number of hydrogen-bond acceptors (Lipinski definition) is 5. The van der Waals surface area contributed by atoms with E-state index in [0.29, 0.717) is 17.0 Å². The monoisotopic (exact) mass is 359 g/mol. The van der Waals surface area contributed by atoms with Gasteiger partial charge in [-0.15, -0.1) is 0 Å². The van der Waals surface area contributed by atoms with Crippen LogP contribution < -0.4 is 4.74 Å². The van der Waals surface area contributed by atoms with Gasteiger partial charge in [0.1, 0.15) is 17.2 Å². The number of benzene rings is 2. The Morgan fingerprint density at radius 2 is 1.63 bits per heavy atom. The van der Waals surface area contributed by atoms with Crippen LogP contribution in [0.4, 0.5) is 0 Å². The molecule has 1 heterocycles. The van der Waals surface area contributed by atoms with Gasteiger partial charge in [-0.3, -0.25) is 0 Å². The summed E-state index contributed by atoms with van der Waals surface area (Å²) in [6, 6.07) is 20.0. The maximum atomic E-state index is 11.7. The SMILES string of the molecule is COC(=O)c1cc(C#Cc2ccc(Oc3ccccc3)cc2)cc(CO)n1. The number of para-hydroxylation sites is 1. The molecule has 0 aliphatic rings. The molecule has 0 saturated carbocycles. The number of carbonyl (C=O) groups excluding carboxylic acids is 1. The standard InChI is InChI=1S/C22H17NO4/c1-26-22(25)21-14-17(13-18(15-24)23-21)8-7-16-9-11-20(12-10-16)27-19-5-3-2-4-6-19/h2-6,9-14,24H,15H2,1H3. The molecule has 0 amide bonds. The molecular formula is C22H17NO4. The summed E-state index contributed by atoms with van der Waals surface area (Å²) in [6.45, 7) is -0.287. The van der Waals surface area contributed by atoms with Crippen molar-refractivity contribution in [3.63, 3.8) is 0 Å². The number of aliphatic hydroxyl groups excluding tert-OH is 1. The van der Waals surface area contributed by atoms with Crippen LogP contribution in [-0.4, -0.2) is 23.2 Å². The molecule has 3 aromatic rings. The van der Waals surface area contributed by atoms with Crippen LogP contribution in [0.25, 0.3) is 0 Å². The second-order valence-electron chi connectivity index (χ2n) is 5.57. The Hall–Kier alpha value is -3.62. The van der Waals surface area contributed by atoms with E-state index in [0.717, 1.165) is 11.3 Å². The van der Waals surface area contributed by atoms with Crippen molar-refractivity contribution in [2.45, 2.75) is 6.61 Å². The van der Waals surface area contributed by atoms with Gasteiger partial charge in [0.15, 0.2) is 0 Å². The minimum absolute atomic E-state index is 0.111. The number of methoxy groups -OCH3 is 1. The normalized spacial score (nSPS) is 9.85. The number of rotatable bonds is 4. The molecule has 2 aromatic carbocycles. The Bertz CT molecular complexity index is 986. The van der Waals surface area contributed by atoms with E-state index in [9.17, 15) is 9.90 Å². The number of pyridine rings is 1. The molecule has 0 bridgehead atoms. The first-order valence-electron chi connectivity index (χ1n) is 8.23. The molecule has 1 aromatic heterocycles. The van der Waals surface area contributed by atoms with Crippen molar-refractivity contribution < 1.29 is 19.4 Å². The second-order valence-corrected chi connectivity index (χ2v) is 5.57. The lowest BCUT2D eigenvalue weighted by Crippen LogP contribution is -2.07. The fourth-order valence-corrected chi connectivity index (χ4v) is 2.33. The molecule has 5 nitrogen and oxygen atoms in total. The van der Waals surface area contributed by atoms with Crippen LogP contribution in [0.2, 0.25) is 0 Å². The molecular weight excluding hydrogens is 342 g/mol. The van der Waals surface area contributed by atoms with Crippen molar-refractivity contribution in [1.82, 2.24) is 4.98 Å². The van der Waals surface area contributed by atoms with Crippen LogP contribution in [0, 0.1) is 11.8 Å². The van der Waals surface area contributed by atoms with Gasteiger partial charge in [0.05, 0.1) is 19.4 Å². The van der Waals surface area contributed by atoms with E-state index in [1.165, 1.54) is 13.2 Å². The molecule has 0 aliphatic carbocycles. The minimum atomic E-state index is -0.573. The van der Waals surface area contributed by atoms with E-state index in [1.54, 1.807) is 6.07 Å². The van der Waals surface area contributed by atoms with Gasteiger partial charge in [0, 0.05) is 11.1 Å². The van der Waals surface area contributed by atoms with Gasteiger partial charge >= 0.3 is 5.97 Å². The molecule has 0 radical (unpaired) electrons. The first kappa shape index (κ1) is 18.2. The maximum Gasteiger partial charge on any atom is 0.356 e. The fourth-order valence-electron chi connectivity index (χ4n) is 2.33. The third kappa shape index (κ3) is 4.94. The van der Waals surface area contributed by atoms with Crippen LogP contribution in [0.3, 0.4) is 0 Å². The van der Waals surface area contributed by atoms with Crippen molar-refractivity contribution in [2.75, 3.05) is 7.11 Å². The predicted octanol–water partition coefficient (Wildman–Crippen LogP) is 3.55. The fraction of sp³-hybridized carbons (Fsp3) is 0.0909. The highest BCUT2D eigenvalue weighted by atomic mass is 16.5. The van der Waals surface area contributed by atoms with E-state index in [4.69, 9.17) is 4.74 Å². The van der Waals surface area contributed by atoms with Crippen molar-refractivity contribution >= 4 is 5.97 Å². The van der Waals surface area contributed by atoms with Crippen LogP contribution >= 0.6 is 0 Å². The number of carbonyl (C=O) groups is 1. The third-order valence-corrected chi connectivity index (χ3v) is 3.62. The Kier molecular flexibility index (Phi) is 5.83. The highest BCUT2D eigenvalue weighted by Gasteiger charge is 2.09. The van der Waals surface area contributed by atoms with Gasteiger partial charge in [-0.25, -0.2) is 9.78 Å². The Balaban J connectivity index is 1.78. The molecule has 0 fully saturated rings. The Labute approximate surface area is 157 Å². The van der Waals surface area contributed by atoms with Gasteiger partial charge in [0.2, 0.25) is 0 Å². The van der Waals surface area contributed by atoms with Crippen LogP contribution in [0.1, 0.15) is 27.3 Å². The first-order chi connectivity index (χ1) is 13.2. The van der Waals surface area contributed by atoms with Crippen molar-refractivity contribution in [2.24, 2.45) is 0 Å². The number of aliphatic hydroxyl groups is 1. The Morgan fingerprint density at radius 3 is 2.30 bits per heavy atom. The molecule has 0 aliphatic heterocycles. The predicted molar refractivity (Wildman–Crippen MR) is 100 cm³/mol. The molecule has 134 valence electrons. The van der Waals surface area contributed by atoms with E-state index in [-0.39, 0.29) is 12.3 Å². The minimum Gasteiger partial charge on any atom is -0.464 e. The zero-order valence-electron chi connectivity index (χ0n) is 14.7. The third-order valence-electron chi connectivity index (χ3n) is 3.62. The molecule has 0 unspecified atom stereocenters. The van der Waals surface area contributed by atoms with Crippen LogP contribution in [0.5, 0.6) is 11.5 Å². The molecule has 0 atom stereocenters. The molecule has 5 heteroatoms. The van der Waals surface area contributed by atoms with Crippen molar-refractivity contribution in [3.05, 3.63) is 89.2 Å². The van der Waals surface area contributed by atoms with E-state index in [2.05, 4.69) is 21.6 Å². The summed E-state index contributed by atoms with van der Waals surface area (Å²) < 4.78 is 10.4. The molecule has 3 rings (SSSR count). The van der Waals surface area contributed by atoms with Gasteiger partial charge in [-0.05, 0) is 48.5 Å². The maximum absolute atomic E-state index is 11.7. The zero-order valence-corrected chi connectivity index (χ0v) is 14.7. The van der Waals surface area contributed by atoms with Crippen molar-refractivity contribution in [3.8, 4) is 23.3 Å². The summed E-state index contributed by atoms with van der Waals surface area (Å²) in [4.78, 5) is 15.7. The largest absolute Gasteiger partial charge is 0.464 e. The van der Waals surface area contributed by atoms with Crippen LogP contribution in [-0.2, 0) is 11.3 Å². The average molecular weight is 359 g/mol. The summed E-state index contributed by atoms with van der Waals surface area (Å²) in [5.41, 5.74) is 1.82. The van der Waals surface area contributed by atoms with Gasteiger partial charge in [0.25, 0.3) is 0 Å². The van der Waals surface area contributed by atoms with E-state index >= 15 is 0 Å². The van der Waals surface area contributed by atoms with Gasteiger partial charge in [-0.1, -0.05) is 30.0 Å². The highest BCUT2D eigenvalue weighted by molar-refractivity contribution is 5.87. The molecule has 1 N–H and O–H groups in total. The number of nitrogens with zero attached hydrogens (tertiary/aromatic N) is 1. The Morgan fingerprint density at radius 1 is 0.963 bits per heavy atom. The average Bonchev–Trinajstić information content (AvgIpc) is 2.73. The quantitative estimate of drug-likeness (QED) is 0.570. The topological polar surface area (TPSA) is 68.7 Å². The lowest BCUT2D eigenvalue weighted by atomic mass is 10.1. The molecule has 27 heavy (non-hydrogen) atoms. The smallest absolute Gasteiger partial charge is 0.356 e.